The standard InChI is InChI=1S/C14H26N2O3/c1-2-4-11-9-14(13(15)17,6-8-19-11)16-10-12-5-3-7-18-12/h11-12,16H,2-10H2,1H3,(H2,15,17). The van der Waals surface area contributed by atoms with Crippen molar-refractivity contribution in [3.63, 3.8) is 0 Å². The summed E-state index contributed by atoms with van der Waals surface area (Å²) >= 11 is 0. The molecule has 3 N–H and O–H groups in total. The molecule has 2 fully saturated rings. The first-order valence-corrected chi connectivity index (χ1v) is 7.44. The second kappa shape index (κ2) is 6.68. The summed E-state index contributed by atoms with van der Waals surface area (Å²) in [6, 6.07) is 0. The molecule has 0 spiro atoms. The first kappa shape index (κ1) is 14.8. The van der Waals surface area contributed by atoms with Crippen molar-refractivity contribution >= 4 is 5.91 Å². The second-order valence-corrected chi connectivity index (χ2v) is 5.70. The van der Waals surface area contributed by atoms with Crippen LogP contribution >= 0.6 is 0 Å². The minimum atomic E-state index is -0.607. The Hall–Kier alpha value is -0.650. The largest absolute Gasteiger partial charge is 0.378 e. The smallest absolute Gasteiger partial charge is 0.237 e. The summed E-state index contributed by atoms with van der Waals surface area (Å²) in [6.45, 7) is 4.27. The summed E-state index contributed by atoms with van der Waals surface area (Å²) in [7, 11) is 0. The van der Waals surface area contributed by atoms with E-state index in [4.69, 9.17) is 15.2 Å². The molecule has 0 radical (unpaired) electrons. The van der Waals surface area contributed by atoms with Crippen LogP contribution in [-0.2, 0) is 14.3 Å². The zero-order valence-corrected chi connectivity index (χ0v) is 11.8. The van der Waals surface area contributed by atoms with Crippen molar-refractivity contribution < 1.29 is 14.3 Å². The lowest BCUT2D eigenvalue weighted by molar-refractivity contribution is -0.132. The van der Waals surface area contributed by atoms with Gasteiger partial charge in [-0.05, 0) is 25.7 Å². The lowest BCUT2D eigenvalue weighted by Gasteiger charge is -2.39. The first-order valence-electron chi connectivity index (χ1n) is 7.44. The van der Waals surface area contributed by atoms with Crippen molar-refractivity contribution in [2.45, 2.75) is 63.2 Å². The number of nitrogens with two attached hydrogens (primary N) is 1. The van der Waals surface area contributed by atoms with E-state index in [1.165, 1.54) is 0 Å². The van der Waals surface area contributed by atoms with E-state index in [-0.39, 0.29) is 18.1 Å². The fourth-order valence-corrected chi connectivity index (χ4v) is 3.04. The van der Waals surface area contributed by atoms with Gasteiger partial charge in [-0.3, -0.25) is 4.79 Å². The molecule has 0 aromatic heterocycles. The van der Waals surface area contributed by atoms with Gasteiger partial charge >= 0.3 is 0 Å². The van der Waals surface area contributed by atoms with Gasteiger partial charge in [0.15, 0.2) is 0 Å². The predicted molar refractivity (Wildman–Crippen MR) is 72.8 cm³/mol. The first-order chi connectivity index (χ1) is 9.16. The third kappa shape index (κ3) is 3.68. The minimum absolute atomic E-state index is 0.142. The summed E-state index contributed by atoms with van der Waals surface area (Å²) in [5.41, 5.74) is 5.04. The van der Waals surface area contributed by atoms with Crippen LogP contribution in [0.2, 0.25) is 0 Å². The van der Waals surface area contributed by atoms with Crippen LogP contribution in [0.3, 0.4) is 0 Å². The van der Waals surface area contributed by atoms with E-state index in [1.54, 1.807) is 0 Å². The van der Waals surface area contributed by atoms with Crippen LogP contribution < -0.4 is 11.1 Å². The van der Waals surface area contributed by atoms with E-state index in [0.29, 0.717) is 26.0 Å². The van der Waals surface area contributed by atoms with Crippen molar-refractivity contribution in [3.8, 4) is 0 Å². The fourth-order valence-electron chi connectivity index (χ4n) is 3.04. The van der Waals surface area contributed by atoms with Crippen molar-refractivity contribution in [3.05, 3.63) is 0 Å². The lowest BCUT2D eigenvalue weighted by atomic mass is 9.84. The molecule has 0 aromatic carbocycles. The number of carbonyl (C=O) groups excluding carboxylic acids is 1. The van der Waals surface area contributed by atoms with E-state index < -0.39 is 5.54 Å². The van der Waals surface area contributed by atoms with Crippen molar-refractivity contribution in [1.29, 1.82) is 0 Å². The van der Waals surface area contributed by atoms with Crippen LogP contribution in [0.15, 0.2) is 0 Å². The number of ether oxygens (including phenoxy) is 2. The topological polar surface area (TPSA) is 73.6 Å². The highest BCUT2D eigenvalue weighted by molar-refractivity contribution is 5.84. The highest BCUT2D eigenvalue weighted by atomic mass is 16.5. The third-order valence-electron chi connectivity index (χ3n) is 4.23. The molecule has 5 heteroatoms. The maximum Gasteiger partial charge on any atom is 0.237 e. The zero-order valence-electron chi connectivity index (χ0n) is 11.8. The molecule has 1 amide bonds. The Labute approximate surface area is 115 Å². The van der Waals surface area contributed by atoms with Gasteiger partial charge < -0.3 is 20.5 Å². The van der Waals surface area contributed by atoms with Crippen LogP contribution in [-0.4, -0.2) is 43.4 Å². The molecule has 2 saturated heterocycles. The van der Waals surface area contributed by atoms with Gasteiger partial charge in [-0.15, -0.1) is 0 Å². The molecule has 2 heterocycles. The molecule has 2 rings (SSSR count). The summed E-state index contributed by atoms with van der Waals surface area (Å²) < 4.78 is 11.3. The Kier molecular flexibility index (Phi) is 5.19. The van der Waals surface area contributed by atoms with Crippen molar-refractivity contribution in [1.82, 2.24) is 5.32 Å². The quantitative estimate of drug-likeness (QED) is 0.754. The van der Waals surface area contributed by atoms with Gasteiger partial charge in [0.1, 0.15) is 5.54 Å². The Morgan fingerprint density at radius 1 is 1.37 bits per heavy atom. The molecule has 2 aliphatic heterocycles. The molecule has 3 unspecified atom stereocenters. The van der Waals surface area contributed by atoms with Crippen molar-refractivity contribution in [2.75, 3.05) is 19.8 Å². The number of hydrogen-bond acceptors (Lipinski definition) is 4. The molecular weight excluding hydrogens is 244 g/mol. The van der Waals surface area contributed by atoms with Crippen LogP contribution in [0.25, 0.3) is 0 Å². The Balaban J connectivity index is 1.93. The Morgan fingerprint density at radius 3 is 2.79 bits per heavy atom. The molecule has 5 nitrogen and oxygen atoms in total. The maximum absolute atomic E-state index is 11.9. The Bertz CT molecular complexity index is 303. The SMILES string of the molecule is CCCC1CC(NCC2CCCO2)(C(N)=O)CCO1. The highest BCUT2D eigenvalue weighted by Gasteiger charge is 2.42. The molecule has 2 aliphatic rings. The van der Waals surface area contributed by atoms with Crippen LogP contribution in [0.5, 0.6) is 0 Å². The Morgan fingerprint density at radius 2 is 2.16 bits per heavy atom. The normalized spacial score (nSPS) is 35.4. The zero-order chi connectivity index (χ0) is 13.7. The maximum atomic E-state index is 11.9. The molecule has 3 atom stereocenters. The number of carbonyl (C=O) groups is 1. The van der Waals surface area contributed by atoms with Crippen LogP contribution in [0.1, 0.15) is 45.4 Å². The molecule has 0 saturated carbocycles. The number of rotatable bonds is 6. The average molecular weight is 270 g/mol. The van der Waals surface area contributed by atoms with Gasteiger partial charge in [-0.2, -0.15) is 0 Å². The summed E-state index contributed by atoms with van der Waals surface area (Å²) in [4.78, 5) is 11.9. The molecule has 110 valence electrons. The molecule has 19 heavy (non-hydrogen) atoms. The van der Waals surface area contributed by atoms with Gasteiger partial charge in [0.2, 0.25) is 5.91 Å². The predicted octanol–water partition coefficient (Wildman–Crippen LogP) is 0.958. The summed E-state index contributed by atoms with van der Waals surface area (Å²) in [5.74, 6) is -0.255. The summed E-state index contributed by atoms with van der Waals surface area (Å²) in [5, 5.41) is 3.39. The van der Waals surface area contributed by atoms with E-state index in [9.17, 15) is 4.79 Å². The van der Waals surface area contributed by atoms with E-state index in [2.05, 4.69) is 12.2 Å². The highest BCUT2D eigenvalue weighted by Crippen LogP contribution is 2.27. The van der Waals surface area contributed by atoms with Crippen LogP contribution in [0, 0.1) is 0 Å². The minimum Gasteiger partial charge on any atom is -0.378 e. The van der Waals surface area contributed by atoms with E-state index in [1.807, 2.05) is 0 Å². The van der Waals surface area contributed by atoms with Gasteiger partial charge in [-0.1, -0.05) is 13.3 Å². The number of hydrogen-bond donors (Lipinski definition) is 2. The summed E-state index contributed by atoms with van der Waals surface area (Å²) in [6.07, 6.45) is 5.93. The van der Waals surface area contributed by atoms with Crippen LogP contribution in [0.4, 0.5) is 0 Å². The van der Waals surface area contributed by atoms with Crippen molar-refractivity contribution in [2.24, 2.45) is 5.73 Å². The van der Waals surface area contributed by atoms with E-state index in [0.717, 1.165) is 32.3 Å². The lowest BCUT2D eigenvalue weighted by Crippen LogP contribution is -2.61. The molecule has 0 bridgehead atoms. The number of amides is 1. The average Bonchev–Trinajstić information content (AvgIpc) is 2.90. The fraction of sp³-hybridized carbons (Fsp3) is 0.929. The van der Waals surface area contributed by atoms with Gasteiger partial charge in [0, 0.05) is 26.2 Å². The number of nitrogens with one attached hydrogen (secondary N) is 1. The van der Waals surface area contributed by atoms with Gasteiger partial charge in [0.05, 0.1) is 12.2 Å². The van der Waals surface area contributed by atoms with E-state index >= 15 is 0 Å². The second-order valence-electron chi connectivity index (χ2n) is 5.70. The molecule has 0 aliphatic carbocycles. The van der Waals surface area contributed by atoms with Gasteiger partial charge in [-0.25, -0.2) is 0 Å². The monoisotopic (exact) mass is 270 g/mol. The molecular formula is C14H26N2O3. The number of primary amides is 1. The third-order valence-corrected chi connectivity index (χ3v) is 4.23. The van der Waals surface area contributed by atoms with Gasteiger partial charge in [0.25, 0.3) is 0 Å². The molecule has 0 aromatic rings.